The number of para-hydroxylation sites is 1. The van der Waals surface area contributed by atoms with Gasteiger partial charge in [-0.25, -0.2) is 0 Å². The third kappa shape index (κ3) is 5.65. The van der Waals surface area contributed by atoms with E-state index in [0.29, 0.717) is 0 Å². The van der Waals surface area contributed by atoms with Crippen LogP contribution in [-0.4, -0.2) is 0 Å². The average molecular weight is 793 g/mol. The molecule has 1 heterocycles. The Morgan fingerprint density at radius 3 is 1.21 bits per heavy atom. The molecule has 1 aromatic heterocycles. The third-order valence-electron chi connectivity index (χ3n) is 15.2. The van der Waals surface area contributed by atoms with E-state index in [0.717, 1.165) is 29.4 Å². The molecule has 0 atom stereocenters. The Hall–Kier alpha value is -5.92. The first-order chi connectivity index (χ1) is 29.3. The largest absolute Gasteiger partial charge is 0.456 e. The summed E-state index contributed by atoms with van der Waals surface area (Å²) in [7, 11) is 0. The molecule has 8 aromatic carbocycles. The summed E-state index contributed by atoms with van der Waals surface area (Å²) in [4.78, 5) is 0. The van der Waals surface area contributed by atoms with Crippen molar-refractivity contribution in [1.29, 1.82) is 0 Å². The lowest BCUT2D eigenvalue weighted by Crippen LogP contribution is -2.34. The van der Waals surface area contributed by atoms with Gasteiger partial charge in [-0.05, 0) is 148 Å². The van der Waals surface area contributed by atoms with E-state index in [-0.39, 0.29) is 21.7 Å². The fraction of sp³-hybridized carbons (Fsp3) is 0.267. The van der Waals surface area contributed by atoms with E-state index in [9.17, 15) is 0 Å². The van der Waals surface area contributed by atoms with Crippen molar-refractivity contribution >= 4 is 43.5 Å². The predicted molar refractivity (Wildman–Crippen MR) is 261 cm³/mol. The molecule has 9 aromatic rings. The van der Waals surface area contributed by atoms with Crippen LogP contribution < -0.4 is 0 Å². The maximum absolute atomic E-state index is 6.51. The molecule has 11 rings (SSSR count). The first-order valence-corrected chi connectivity index (χ1v) is 22.5. The van der Waals surface area contributed by atoms with Gasteiger partial charge in [-0.1, -0.05) is 189 Å². The van der Waals surface area contributed by atoms with Gasteiger partial charge >= 0.3 is 0 Å². The summed E-state index contributed by atoms with van der Waals surface area (Å²) in [5, 5.41) is 7.36. The molecule has 0 saturated carbocycles. The lowest BCUT2D eigenvalue weighted by molar-refractivity contribution is 0.332. The monoisotopic (exact) mass is 792 g/mol. The summed E-state index contributed by atoms with van der Waals surface area (Å²) in [5.74, 6) is 0. The lowest BCUT2D eigenvalue weighted by atomic mass is 9.60. The van der Waals surface area contributed by atoms with Crippen LogP contribution in [0.4, 0.5) is 0 Å². The van der Waals surface area contributed by atoms with Crippen LogP contribution in [0, 0.1) is 0 Å². The van der Waals surface area contributed by atoms with E-state index in [1.807, 2.05) is 0 Å². The van der Waals surface area contributed by atoms with E-state index in [2.05, 4.69) is 201 Å². The molecule has 0 bridgehead atoms. The topological polar surface area (TPSA) is 13.1 Å². The van der Waals surface area contributed by atoms with Gasteiger partial charge in [0.25, 0.3) is 0 Å². The summed E-state index contributed by atoms with van der Waals surface area (Å²) >= 11 is 0. The van der Waals surface area contributed by atoms with Crippen LogP contribution >= 0.6 is 0 Å². The summed E-state index contributed by atoms with van der Waals surface area (Å²) in [6.07, 6.45) is 4.67. The molecule has 0 N–H and O–H groups in total. The SMILES string of the molecule is CC1(C)CCC(C)(C)c2c(-c3cccc(-c4cccc5c4C(C)(C)CCC5(C)C)c3-c3c4ccccc4c(-c4cccc5oc6ccccc6c45)c4ccccc34)cccc21. The van der Waals surface area contributed by atoms with Crippen molar-refractivity contribution in [3.8, 4) is 44.5 Å². The van der Waals surface area contributed by atoms with Crippen LogP contribution in [-0.2, 0) is 21.7 Å². The van der Waals surface area contributed by atoms with Crippen molar-refractivity contribution in [3.05, 3.63) is 168 Å². The third-order valence-corrected chi connectivity index (χ3v) is 15.2. The highest BCUT2D eigenvalue weighted by Gasteiger charge is 2.41. The molecule has 61 heavy (non-hydrogen) atoms. The maximum Gasteiger partial charge on any atom is 0.136 e. The number of benzene rings is 8. The van der Waals surface area contributed by atoms with E-state index < -0.39 is 0 Å². The Morgan fingerprint density at radius 2 is 0.689 bits per heavy atom. The number of fused-ring (bicyclic) bond motifs is 7. The Morgan fingerprint density at radius 1 is 0.311 bits per heavy atom. The molecule has 302 valence electrons. The molecule has 0 radical (unpaired) electrons. The second kappa shape index (κ2) is 13.3. The minimum absolute atomic E-state index is 0.0205. The highest BCUT2D eigenvalue weighted by Crippen LogP contribution is 2.56. The zero-order valence-corrected chi connectivity index (χ0v) is 37.1. The van der Waals surface area contributed by atoms with E-state index in [1.54, 1.807) is 0 Å². The normalized spacial score (nSPS) is 17.4. The van der Waals surface area contributed by atoms with E-state index in [1.165, 1.54) is 107 Å². The van der Waals surface area contributed by atoms with Crippen molar-refractivity contribution in [3.63, 3.8) is 0 Å². The average Bonchev–Trinajstić information content (AvgIpc) is 3.65. The number of hydrogen-bond donors (Lipinski definition) is 0. The number of furan rings is 1. The fourth-order valence-corrected chi connectivity index (χ4v) is 11.9. The Kier molecular flexibility index (Phi) is 8.29. The molecule has 0 aliphatic heterocycles. The lowest BCUT2D eigenvalue weighted by Gasteiger charge is -2.44. The van der Waals surface area contributed by atoms with Gasteiger partial charge in [-0.3, -0.25) is 0 Å². The Balaban J connectivity index is 1.33. The molecule has 0 spiro atoms. The van der Waals surface area contributed by atoms with Crippen LogP contribution in [0.1, 0.15) is 103 Å². The standard InChI is InChI=1S/C60H56O/c1-57(2)33-35-59(5,6)55-43(26-16-29-47(55)57)41-24-15-25-42(44-27-17-30-48-56(44)60(7,8)36-34-58(48,3)4)54(41)53-39-21-11-9-19-37(39)51(38-20-10-12-22-40(38)53)46-28-18-32-50-52(46)45-23-13-14-31-49(45)61-50/h9-32H,33-36H2,1-8H3. The van der Waals surface area contributed by atoms with Gasteiger partial charge in [0, 0.05) is 10.8 Å². The highest BCUT2D eigenvalue weighted by atomic mass is 16.3. The van der Waals surface area contributed by atoms with Gasteiger partial charge in [0.05, 0.1) is 0 Å². The Bertz CT molecular complexity index is 3100. The minimum atomic E-state index is 0.0205. The van der Waals surface area contributed by atoms with E-state index >= 15 is 0 Å². The van der Waals surface area contributed by atoms with Crippen LogP contribution in [0.15, 0.2) is 150 Å². The first-order valence-electron chi connectivity index (χ1n) is 22.5. The van der Waals surface area contributed by atoms with Crippen LogP contribution in [0.2, 0.25) is 0 Å². The van der Waals surface area contributed by atoms with Gasteiger partial charge in [-0.15, -0.1) is 0 Å². The zero-order valence-electron chi connectivity index (χ0n) is 37.1. The molecule has 1 nitrogen and oxygen atoms in total. The van der Waals surface area contributed by atoms with Crippen molar-refractivity contribution in [2.75, 3.05) is 0 Å². The smallest absolute Gasteiger partial charge is 0.136 e. The van der Waals surface area contributed by atoms with Crippen LogP contribution in [0.3, 0.4) is 0 Å². The summed E-state index contributed by atoms with van der Waals surface area (Å²) in [6.45, 7) is 19.7. The van der Waals surface area contributed by atoms with E-state index in [4.69, 9.17) is 4.42 Å². The van der Waals surface area contributed by atoms with Gasteiger partial charge in [0.1, 0.15) is 11.2 Å². The molecular formula is C60H56O. The van der Waals surface area contributed by atoms with Gasteiger partial charge in [0.2, 0.25) is 0 Å². The molecule has 0 saturated heterocycles. The zero-order chi connectivity index (χ0) is 42.1. The van der Waals surface area contributed by atoms with Crippen molar-refractivity contribution in [1.82, 2.24) is 0 Å². The predicted octanol–water partition coefficient (Wildman–Crippen LogP) is 17.3. The molecule has 2 aliphatic rings. The molecule has 0 fully saturated rings. The van der Waals surface area contributed by atoms with Crippen LogP contribution in [0.5, 0.6) is 0 Å². The first kappa shape index (κ1) is 38.0. The van der Waals surface area contributed by atoms with Crippen molar-refractivity contribution < 1.29 is 4.42 Å². The minimum Gasteiger partial charge on any atom is -0.456 e. The van der Waals surface area contributed by atoms with Gasteiger partial charge in [-0.2, -0.15) is 0 Å². The fourth-order valence-electron chi connectivity index (χ4n) is 11.9. The summed E-state index contributed by atoms with van der Waals surface area (Å²) < 4.78 is 6.51. The Labute approximate surface area is 361 Å². The second-order valence-electron chi connectivity index (χ2n) is 20.8. The highest BCUT2D eigenvalue weighted by molar-refractivity contribution is 6.27. The quantitative estimate of drug-likeness (QED) is 0.162. The molecule has 0 unspecified atom stereocenters. The van der Waals surface area contributed by atoms with Crippen molar-refractivity contribution in [2.24, 2.45) is 0 Å². The van der Waals surface area contributed by atoms with Crippen LogP contribution in [0.25, 0.3) is 88.0 Å². The number of hydrogen-bond acceptors (Lipinski definition) is 1. The number of rotatable bonds is 4. The van der Waals surface area contributed by atoms with Crippen molar-refractivity contribution in [2.45, 2.75) is 103 Å². The second-order valence-corrected chi connectivity index (χ2v) is 20.8. The molecule has 2 aliphatic carbocycles. The molecular weight excluding hydrogens is 737 g/mol. The van der Waals surface area contributed by atoms with Gasteiger partial charge in [0.15, 0.2) is 0 Å². The molecule has 1 heteroatoms. The molecule has 0 amide bonds. The summed E-state index contributed by atoms with van der Waals surface area (Å²) in [6, 6.07) is 55.1. The summed E-state index contributed by atoms with van der Waals surface area (Å²) in [5.41, 5.74) is 18.5. The maximum atomic E-state index is 6.51. The van der Waals surface area contributed by atoms with Gasteiger partial charge < -0.3 is 4.42 Å².